The average molecular weight is 582 g/mol. The second-order valence-electron chi connectivity index (χ2n) is 11.7. The summed E-state index contributed by atoms with van der Waals surface area (Å²) in [5.41, 5.74) is 6.16. The molecule has 3 aromatic carbocycles. The van der Waals surface area contributed by atoms with Gasteiger partial charge in [0.25, 0.3) is 5.56 Å². The Kier molecular flexibility index (Phi) is 7.36. The standard InChI is InChI=1S/C33H36ClN7O/c1-39-15-17-41(18-16-39)25-8-10-28-29(20-25)37-32(36-28)30-31(26-19-23(34)7-9-27(26)38-33(30)42)35-24-11-13-40(14-12-24)21-22-5-3-2-4-6-22/h2-10,19-20,24H,11-18,21H2,1H3,(H,36,37)(H2,35,38,42). The summed E-state index contributed by atoms with van der Waals surface area (Å²) >= 11 is 6.47. The molecular weight excluding hydrogens is 546 g/mol. The van der Waals surface area contributed by atoms with E-state index in [9.17, 15) is 4.79 Å². The fraction of sp³-hybridized carbons (Fsp3) is 0.333. The van der Waals surface area contributed by atoms with Crippen LogP contribution in [0.15, 0.2) is 71.5 Å². The van der Waals surface area contributed by atoms with Crippen LogP contribution >= 0.6 is 11.6 Å². The third-order valence-electron chi connectivity index (χ3n) is 8.73. The number of aromatic amines is 2. The molecule has 4 heterocycles. The first kappa shape index (κ1) is 27.0. The lowest BCUT2D eigenvalue weighted by molar-refractivity contribution is 0.211. The smallest absolute Gasteiger partial charge is 0.261 e. The fourth-order valence-electron chi connectivity index (χ4n) is 6.30. The van der Waals surface area contributed by atoms with Crippen LogP contribution < -0.4 is 15.8 Å². The molecule has 42 heavy (non-hydrogen) atoms. The first-order chi connectivity index (χ1) is 20.5. The van der Waals surface area contributed by atoms with Crippen LogP contribution in [0.5, 0.6) is 0 Å². The number of piperazine rings is 1. The lowest BCUT2D eigenvalue weighted by Gasteiger charge is -2.34. The van der Waals surface area contributed by atoms with Crippen LogP contribution in [0.4, 0.5) is 11.4 Å². The molecule has 2 aliphatic heterocycles. The number of hydrogen-bond donors (Lipinski definition) is 3. The number of benzene rings is 3. The molecular formula is C33H36ClN7O. The summed E-state index contributed by atoms with van der Waals surface area (Å²) in [7, 11) is 2.16. The van der Waals surface area contributed by atoms with Gasteiger partial charge in [0, 0.05) is 68.0 Å². The molecule has 0 amide bonds. The molecule has 0 aliphatic carbocycles. The van der Waals surface area contributed by atoms with E-state index in [1.165, 1.54) is 11.3 Å². The highest BCUT2D eigenvalue weighted by molar-refractivity contribution is 6.31. The zero-order valence-corrected chi connectivity index (χ0v) is 24.6. The number of likely N-dealkylation sites (N-methyl/N-ethyl adjacent to an activating group) is 1. The van der Waals surface area contributed by atoms with Crippen LogP contribution in [-0.2, 0) is 6.54 Å². The third kappa shape index (κ3) is 5.50. The van der Waals surface area contributed by atoms with Crippen LogP contribution in [0.2, 0.25) is 5.02 Å². The number of rotatable bonds is 6. The predicted octanol–water partition coefficient (Wildman–Crippen LogP) is 5.55. The molecule has 2 fully saturated rings. The van der Waals surface area contributed by atoms with E-state index in [1.54, 1.807) is 0 Å². The van der Waals surface area contributed by atoms with Crippen molar-refractivity contribution in [3.8, 4) is 11.4 Å². The lowest BCUT2D eigenvalue weighted by Crippen LogP contribution is -2.44. The SMILES string of the molecule is CN1CCN(c2ccc3nc(-c4c(NC5CCN(Cc6ccccc6)CC5)c5cc(Cl)ccc5[nH]c4=O)[nH]c3c2)CC1. The molecule has 0 bridgehead atoms. The number of hydrogen-bond acceptors (Lipinski definition) is 6. The largest absolute Gasteiger partial charge is 0.381 e. The van der Waals surface area contributed by atoms with Gasteiger partial charge in [0.1, 0.15) is 11.4 Å². The number of piperidine rings is 1. The molecule has 2 saturated heterocycles. The number of nitrogens with zero attached hydrogens (tertiary/aromatic N) is 4. The normalized spacial score (nSPS) is 17.3. The molecule has 216 valence electrons. The molecule has 8 nitrogen and oxygen atoms in total. The van der Waals surface area contributed by atoms with Crippen molar-refractivity contribution in [1.29, 1.82) is 0 Å². The number of halogens is 1. The van der Waals surface area contributed by atoms with Crippen molar-refractivity contribution in [1.82, 2.24) is 24.8 Å². The predicted molar refractivity (Wildman–Crippen MR) is 173 cm³/mol. The summed E-state index contributed by atoms with van der Waals surface area (Å²) in [6.07, 6.45) is 1.96. The maximum absolute atomic E-state index is 13.6. The average Bonchev–Trinajstić information content (AvgIpc) is 3.42. The van der Waals surface area contributed by atoms with Crippen LogP contribution in [0.25, 0.3) is 33.3 Å². The van der Waals surface area contributed by atoms with Crippen molar-refractivity contribution in [2.45, 2.75) is 25.4 Å². The van der Waals surface area contributed by atoms with Gasteiger partial charge in [-0.05, 0) is 61.9 Å². The third-order valence-corrected chi connectivity index (χ3v) is 8.97. The number of fused-ring (bicyclic) bond motifs is 2. The number of aromatic nitrogens is 3. The molecule has 2 aliphatic rings. The molecule has 7 rings (SSSR count). The van der Waals surface area contributed by atoms with Crippen LogP contribution in [0.3, 0.4) is 0 Å². The van der Waals surface area contributed by atoms with Crippen molar-refractivity contribution in [2.75, 3.05) is 56.5 Å². The maximum atomic E-state index is 13.6. The molecule has 0 spiro atoms. The number of imidazole rings is 1. The molecule has 3 N–H and O–H groups in total. The van der Waals surface area contributed by atoms with Crippen LogP contribution in [0, 0.1) is 0 Å². The van der Waals surface area contributed by atoms with E-state index in [4.69, 9.17) is 16.6 Å². The van der Waals surface area contributed by atoms with E-state index in [0.29, 0.717) is 16.4 Å². The first-order valence-corrected chi connectivity index (χ1v) is 15.2. The Balaban J connectivity index is 1.20. The van der Waals surface area contributed by atoms with Gasteiger partial charge >= 0.3 is 0 Å². The van der Waals surface area contributed by atoms with Crippen molar-refractivity contribution in [3.63, 3.8) is 0 Å². The highest BCUT2D eigenvalue weighted by Crippen LogP contribution is 2.34. The Bertz CT molecular complexity index is 1770. The van der Waals surface area contributed by atoms with E-state index >= 15 is 0 Å². The summed E-state index contributed by atoms with van der Waals surface area (Å²) in [5.74, 6) is 0.563. The molecule has 0 atom stereocenters. The molecule has 0 saturated carbocycles. The van der Waals surface area contributed by atoms with E-state index < -0.39 is 0 Å². The molecule has 0 unspecified atom stereocenters. The summed E-state index contributed by atoms with van der Waals surface area (Å²) in [4.78, 5) is 32.4. The number of likely N-dealkylation sites (tertiary alicyclic amines) is 1. The summed E-state index contributed by atoms with van der Waals surface area (Å²) < 4.78 is 0. The van der Waals surface area contributed by atoms with Crippen molar-refractivity contribution in [2.24, 2.45) is 0 Å². The van der Waals surface area contributed by atoms with Crippen molar-refractivity contribution < 1.29 is 0 Å². The zero-order valence-electron chi connectivity index (χ0n) is 23.9. The Hall–Kier alpha value is -3.85. The Labute approximate surface area is 250 Å². The Morgan fingerprint density at radius 1 is 0.905 bits per heavy atom. The first-order valence-electron chi connectivity index (χ1n) is 14.8. The molecule has 5 aromatic rings. The molecule has 2 aromatic heterocycles. The number of H-pyrrole nitrogens is 2. The molecule has 0 radical (unpaired) electrons. The monoisotopic (exact) mass is 581 g/mol. The van der Waals surface area contributed by atoms with Gasteiger partial charge in [-0.15, -0.1) is 0 Å². The topological polar surface area (TPSA) is 83.3 Å². The lowest BCUT2D eigenvalue weighted by atomic mass is 10.0. The summed E-state index contributed by atoms with van der Waals surface area (Å²) in [6.45, 7) is 7.01. The minimum atomic E-state index is -0.174. The highest BCUT2D eigenvalue weighted by Gasteiger charge is 2.24. The van der Waals surface area contributed by atoms with Crippen molar-refractivity contribution >= 4 is 44.9 Å². The van der Waals surface area contributed by atoms with Crippen LogP contribution in [0.1, 0.15) is 18.4 Å². The highest BCUT2D eigenvalue weighted by atomic mass is 35.5. The maximum Gasteiger partial charge on any atom is 0.261 e. The van der Waals surface area contributed by atoms with Crippen LogP contribution in [-0.4, -0.2) is 77.1 Å². The van der Waals surface area contributed by atoms with Gasteiger partial charge in [-0.3, -0.25) is 9.69 Å². The minimum absolute atomic E-state index is 0.174. The summed E-state index contributed by atoms with van der Waals surface area (Å²) in [5, 5.41) is 5.30. The second kappa shape index (κ2) is 11.4. The van der Waals surface area contributed by atoms with Gasteiger partial charge in [-0.2, -0.15) is 0 Å². The van der Waals surface area contributed by atoms with Crippen molar-refractivity contribution in [3.05, 3.63) is 87.7 Å². The van der Waals surface area contributed by atoms with Gasteiger partial charge in [0.2, 0.25) is 0 Å². The fourth-order valence-corrected chi connectivity index (χ4v) is 6.47. The summed E-state index contributed by atoms with van der Waals surface area (Å²) in [6, 6.07) is 22.8. The minimum Gasteiger partial charge on any atom is -0.381 e. The van der Waals surface area contributed by atoms with E-state index in [1.807, 2.05) is 24.3 Å². The number of anilines is 2. The van der Waals surface area contributed by atoms with Gasteiger partial charge in [0.05, 0.1) is 22.2 Å². The second-order valence-corrected chi connectivity index (χ2v) is 12.1. The van der Waals surface area contributed by atoms with E-state index in [2.05, 4.69) is 79.5 Å². The number of pyridine rings is 1. The Morgan fingerprint density at radius 3 is 2.48 bits per heavy atom. The Morgan fingerprint density at radius 2 is 1.69 bits per heavy atom. The van der Waals surface area contributed by atoms with Gasteiger partial charge < -0.3 is 25.1 Å². The zero-order chi connectivity index (χ0) is 28.6. The quantitative estimate of drug-likeness (QED) is 0.244. The van der Waals surface area contributed by atoms with E-state index in [0.717, 1.165) is 86.3 Å². The molecule has 9 heteroatoms. The van der Waals surface area contributed by atoms with E-state index in [-0.39, 0.29) is 11.6 Å². The van der Waals surface area contributed by atoms with Gasteiger partial charge in [-0.25, -0.2) is 4.98 Å². The van der Waals surface area contributed by atoms with Gasteiger partial charge in [-0.1, -0.05) is 41.9 Å². The van der Waals surface area contributed by atoms with Gasteiger partial charge in [0.15, 0.2) is 0 Å². The number of nitrogens with one attached hydrogen (secondary N) is 3.